The number of aliphatic hydroxyl groups excluding tert-OH is 1. The number of hydrogen-bond acceptors (Lipinski definition) is 14. The number of nitrogens with zero attached hydrogens (tertiary/aromatic N) is 6. The molecule has 18 heteroatoms. The molecule has 1 amide bonds. The first kappa shape index (κ1) is 51.4. The van der Waals surface area contributed by atoms with Crippen LogP contribution in [0.25, 0.3) is 11.3 Å². The summed E-state index contributed by atoms with van der Waals surface area (Å²) in [5, 5.41) is 33.7. The Morgan fingerprint density at radius 3 is 2.51 bits per heavy atom. The van der Waals surface area contributed by atoms with Crippen LogP contribution >= 0.6 is 0 Å². The largest absolute Gasteiger partial charge is 0.481 e. The maximum atomic E-state index is 13.7. The highest BCUT2D eigenvalue weighted by Crippen LogP contribution is 2.40. The minimum Gasteiger partial charge on any atom is -0.481 e. The standard InChI is InChI=1S/C45H75N9O9/c1-12-28(3)45(8)39(54(43(59)63-45)19-14-13-18-53-25-35(50-51-53)32-16-15-17-33(47)20-32)31(6)49-23-27(2)22-44(7,60-11)40(29(4)37(55)30(5)41(57)58)62-42-38(56)36(52(9)10)21-34(61-42)24-48-26-46/h15-17,20,25-31,34,36,38-40,42,49,56H,12-14,18-19,21-24,47H2,1-11H3,(H2,46,48)(H,57,58)/t27-,28-,29+,30-,31-,34?,36?,38?,39-,40-,42+,44-,45-/m1/s1. The number of nitrogen functional groups attached to an aromatic ring is 1. The fraction of sp³-hybridized carbons (Fsp3) is 0.733. The summed E-state index contributed by atoms with van der Waals surface area (Å²) < 4.78 is 27.2. The summed E-state index contributed by atoms with van der Waals surface area (Å²) in [5.74, 6) is -4.05. The molecule has 2 aliphatic rings. The van der Waals surface area contributed by atoms with E-state index >= 15 is 0 Å². The van der Waals surface area contributed by atoms with Crippen molar-refractivity contribution in [2.24, 2.45) is 34.4 Å². The predicted octanol–water partition coefficient (Wildman–Crippen LogP) is 4.05. The molecule has 0 bridgehead atoms. The third-order valence-electron chi connectivity index (χ3n) is 13.5. The lowest BCUT2D eigenvalue weighted by Gasteiger charge is -2.47. The SMILES string of the molecule is CC[C@@H](C)[C@@]1(C)OC(=O)N(CCCCn2cc(-c3cccc(N)c3)nn2)[C@@H]1[C@@H](C)NC[C@H](C)C[C@@](C)(OC)[C@H](O[C@@H]1OC(CN=CN)CC(N(C)C)C1O)[C@@H](C)C(=O)[C@@H](C)C(=O)O. The third-order valence-corrected chi connectivity index (χ3v) is 13.5. The van der Waals surface area contributed by atoms with E-state index in [9.17, 15) is 24.6 Å². The molecule has 13 atom stereocenters. The zero-order valence-electron chi connectivity index (χ0n) is 39.3. The lowest BCUT2D eigenvalue weighted by molar-refractivity contribution is -0.296. The minimum absolute atomic E-state index is 0.0757. The van der Waals surface area contributed by atoms with Crippen LogP contribution in [-0.2, 0) is 35.1 Å². The van der Waals surface area contributed by atoms with E-state index in [1.807, 2.05) is 68.2 Å². The van der Waals surface area contributed by atoms with Crippen molar-refractivity contribution >= 4 is 29.9 Å². The number of ketones is 1. The molecule has 2 saturated heterocycles. The van der Waals surface area contributed by atoms with Crippen molar-refractivity contribution in [2.45, 2.75) is 148 Å². The van der Waals surface area contributed by atoms with E-state index in [-0.39, 0.29) is 42.6 Å². The molecule has 0 radical (unpaired) electrons. The van der Waals surface area contributed by atoms with Crippen molar-refractivity contribution in [3.8, 4) is 11.3 Å². The predicted molar refractivity (Wildman–Crippen MR) is 241 cm³/mol. The number of carboxylic acids is 1. The Kier molecular flexibility index (Phi) is 18.5. The maximum Gasteiger partial charge on any atom is 0.410 e. The summed E-state index contributed by atoms with van der Waals surface area (Å²) in [7, 11) is 5.24. The number of aliphatic hydroxyl groups is 1. The number of carboxylic acid groups (broad SMARTS) is 1. The number of benzene rings is 1. The summed E-state index contributed by atoms with van der Waals surface area (Å²) in [5.41, 5.74) is 11.9. The van der Waals surface area contributed by atoms with Crippen LogP contribution in [0.5, 0.6) is 0 Å². The number of hydrogen-bond donors (Lipinski definition) is 5. The zero-order valence-corrected chi connectivity index (χ0v) is 39.3. The molecule has 63 heavy (non-hydrogen) atoms. The summed E-state index contributed by atoms with van der Waals surface area (Å²) in [6.45, 7) is 17.1. The number of amides is 1. The van der Waals surface area contributed by atoms with Crippen molar-refractivity contribution in [3.63, 3.8) is 0 Å². The van der Waals surface area contributed by atoms with Crippen LogP contribution in [0.3, 0.4) is 0 Å². The number of aromatic nitrogens is 3. The van der Waals surface area contributed by atoms with Crippen LogP contribution in [0.1, 0.15) is 87.5 Å². The highest BCUT2D eigenvalue weighted by atomic mass is 16.7. The molecule has 3 heterocycles. The number of cyclic esters (lactones) is 1. The molecule has 3 unspecified atom stereocenters. The fourth-order valence-corrected chi connectivity index (χ4v) is 9.34. The molecule has 2 aliphatic heterocycles. The van der Waals surface area contributed by atoms with Crippen LogP contribution in [0.4, 0.5) is 10.5 Å². The number of carbonyl (C=O) groups excluding carboxylic acids is 2. The number of Topliss-reactive ketones (excluding diaryl/α,β-unsaturated/α-hetero) is 1. The van der Waals surface area contributed by atoms with E-state index < -0.39 is 59.4 Å². The normalized spacial score (nSPS) is 26.8. The number of carbonyl (C=O) groups is 3. The number of aliphatic imine (C=N–C) groups is 1. The van der Waals surface area contributed by atoms with Gasteiger partial charge in [-0.2, -0.15) is 0 Å². The Labute approximate surface area is 373 Å². The van der Waals surface area contributed by atoms with E-state index in [1.54, 1.807) is 11.6 Å². The first-order valence-electron chi connectivity index (χ1n) is 22.4. The van der Waals surface area contributed by atoms with Gasteiger partial charge in [0.05, 0.1) is 42.9 Å². The second-order valence-electron chi connectivity index (χ2n) is 18.4. The van der Waals surface area contributed by atoms with Crippen LogP contribution in [0.15, 0.2) is 35.5 Å². The van der Waals surface area contributed by atoms with Gasteiger partial charge in [-0.05, 0) is 104 Å². The summed E-state index contributed by atoms with van der Waals surface area (Å²) >= 11 is 0. The van der Waals surface area contributed by atoms with Crippen LogP contribution in [0, 0.1) is 23.7 Å². The maximum absolute atomic E-state index is 13.7. The topological polar surface area (TPSA) is 242 Å². The van der Waals surface area contributed by atoms with Crippen molar-refractivity contribution in [1.29, 1.82) is 0 Å². The van der Waals surface area contributed by atoms with Gasteiger partial charge in [0, 0.05) is 49.5 Å². The van der Waals surface area contributed by atoms with Gasteiger partial charge in [-0.3, -0.25) is 24.2 Å². The van der Waals surface area contributed by atoms with Gasteiger partial charge in [0.1, 0.15) is 23.3 Å². The first-order valence-corrected chi connectivity index (χ1v) is 22.4. The highest BCUT2D eigenvalue weighted by molar-refractivity contribution is 5.99. The number of methoxy groups -OCH3 is 1. The number of ether oxygens (including phenoxy) is 4. The number of likely N-dealkylation sites (N-methyl/N-ethyl adjacent to an activating group) is 1. The van der Waals surface area contributed by atoms with Gasteiger partial charge in [-0.1, -0.05) is 45.0 Å². The molecule has 2 aromatic rings. The number of anilines is 1. The Hall–Kier alpha value is -4.20. The molecule has 0 aliphatic carbocycles. The van der Waals surface area contributed by atoms with Gasteiger partial charge in [0.2, 0.25) is 0 Å². The Bertz CT molecular complexity index is 1830. The lowest BCUT2D eigenvalue weighted by Crippen LogP contribution is -2.60. The minimum atomic E-state index is -1.31. The van der Waals surface area contributed by atoms with E-state index in [1.165, 1.54) is 20.4 Å². The van der Waals surface area contributed by atoms with Gasteiger partial charge in [-0.15, -0.1) is 5.10 Å². The molecule has 0 saturated carbocycles. The summed E-state index contributed by atoms with van der Waals surface area (Å²) in [6.07, 6.45) is 2.16. The summed E-state index contributed by atoms with van der Waals surface area (Å²) in [6, 6.07) is 6.70. The third kappa shape index (κ3) is 12.5. The van der Waals surface area contributed by atoms with Gasteiger partial charge in [-0.25, -0.2) is 4.79 Å². The number of rotatable bonds is 25. The average Bonchev–Trinajstić information content (AvgIpc) is 3.83. The lowest BCUT2D eigenvalue weighted by atomic mass is 9.78. The smallest absolute Gasteiger partial charge is 0.410 e. The molecule has 354 valence electrons. The van der Waals surface area contributed by atoms with Gasteiger partial charge < -0.3 is 50.8 Å². The van der Waals surface area contributed by atoms with Crippen molar-refractivity contribution in [1.82, 2.24) is 30.1 Å². The highest BCUT2D eigenvalue weighted by Gasteiger charge is 2.55. The zero-order chi connectivity index (χ0) is 46.8. The van der Waals surface area contributed by atoms with Crippen LogP contribution in [0.2, 0.25) is 0 Å². The Morgan fingerprint density at radius 1 is 1.19 bits per heavy atom. The molecule has 18 nitrogen and oxygen atoms in total. The molecule has 2 fully saturated rings. The van der Waals surface area contributed by atoms with Gasteiger partial charge >= 0.3 is 12.1 Å². The number of unbranched alkanes of at least 4 members (excludes halogenated alkanes) is 1. The fourth-order valence-electron chi connectivity index (χ4n) is 9.34. The van der Waals surface area contributed by atoms with E-state index in [0.717, 1.165) is 30.5 Å². The Balaban J connectivity index is 1.50. The number of aliphatic carboxylic acids is 1. The molecule has 1 aromatic carbocycles. The van der Waals surface area contributed by atoms with E-state index in [2.05, 4.69) is 48.3 Å². The monoisotopic (exact) mass is 886 g/mol. The molecule has 7 N–H and O–H groups in total. The van der Waals surface area contributed by atoms with Gasteiger partial charge in [0.15, 0.2) is 12.1 Å². The van der Waals surface area contributed by atoms with Gasteiger partial charge in [0.25, 0.3) is 0 Å². The van der Waals surface area contributed by atoms with Crippen molar-refractivity contribution in [2.75, 3.05) is 46.6 Å². The quantitative estimate of drug-likeness (QED) is 0.0311. The molecule has 0 spiro atoms. The van der Waals surface area contributed by atoms with E-state index in [0.29, 0.717) is 38.2 Å². The van der Waals surface area contributed by atoms with Crippen LogP contribution in [-0.4, -0.2) is 154 Å². The molecular weight excluding hydrogens is 811 g/mol. The average molecular weight is 886 g/mol. The van der Waals surface area contributed by atoms with Crippen LogP contribution < -0.4 is 16.8 Å². The Morgan fingerprint density at radius 2 is 1.89 bits per heavy atom. The van der Waals surface area contributed by atoms with Crippen molar-refractivity contribution in [3.05, 3.63) is 30.5 Å². The molecule has 1 aromatic heterocycles. The molecule has 4 rings (SSSR count). The number of nitrogens with one attached hydrogen (secondary N) is 1. The number of aryl methyl sites for hydroxylation is 1. The molecular formula is C45H75N9O9. The number of nitrogens with two attached hydrogens (primary N) is 2. The first-order chi connectivity index (χ1) is 29.7. The second kappa shape index (κ2) is 22.6. The second-order valence-corrected chi connectivity index (χ2v) is 18.4. The summed E-state index contributed by atoms with van der Waals surface area (Å²) in [4.78, 5) is 47.3. The van der Waals surface area contributed by atoms with E-state index in [4.69, 9.17) is 30.4 Å². The van der Waals surface area contributed by atoms with Crippen molar-refractivity contribution < 1.29 is 43.5 Å².